The van der Waals surface area contributed by atoms with E-state index in [-0.39, 0.29) is 25.5 Å². The van der Waals surface area contributed by atoms with Crippen LogP contribution in [0, 0.1) is 5.82 Å². The van der Waals surface area contributed by atoms with Crippen LogP contribution in [0.3, 0.4) is 0 Å². The monoisotopic (exact) mass is 527 g/mol. The van der Waals surface area contributed by atoms with E-state index in [1.807, 2.05) is 0 Å². The number of nitrogens with one attached hydrogen (secondary N) is 2. The predicted molar refractivity (Wildman–Crippen MR) is 130 cm³/mol. The van der Waals surface area contributed by atoms with Gasteiger partial charge in [0.1, 0.15) is 18.1 Å². The van der Waals surface area contributed by atoms with Gasteiger partial charge in [0.05, 0.1) is 13.7 Å². The van der Waals surface area contributed by atoms with E-state index < -0.39 is 17.6 Å². The predicted octanol–water partition coefficient (Wildman–Crippen LogP) is 3.99. The Morgan fingerprint density at radius 2 is 1.56 bits per heavy atom. The molecule has 0 saturated heterocycles. The molecule has 3 aromatic rings. The summed E-state index contributed by atoms with van der Waals surface area (Å²) >= 11 is 3.33. The highest BCUT2D eigenvalue weighted by atomic mass is 79.9. The Balaban J connectivity index is 1.62. The number of methoxy groups -OCH3 is 1. The molecule has 7 nitrogen and oxygen atoms in total. The molecule has 0 bridgehead atoms. The van der Waals surface area contributed by atoms with E-state index in [1.165, 1.54) is 17.0 Å². The second kappa shape index (κ2) is 11.9. The molecule has 0 saturated carbocycles. The van der Waals surface area contributed by atoms with Gasteiger partial charge in [-0.25, -0.2) is 4.39 Å². The van der Waals surface area contributed by atoms with Crippen LogP contribution in [0.5, 0.6) is 5.75 Å². The molecular weight excluding hydrogens is 505 g/mol. The van der Waals surface area contributed by atoms with Gasteiger partial charge in [-0.15, -0.1) is 0 Å². The number of anilines is 1. The Morgan fingerprint density at radius 1 is 0.912 bits per heavy atom. The molecular formula is C25H23BrFN3O4. The van der Waals surface area contributed by atoms with Gasteiger partial charge in [-0.3, -0.25) is 14.4 Å². The van der Waals surface area contributed by atoms with Crippen molar-refractivity contribution >= 4 is 39.3 Å². The van der Waals surface area contributed by atoms with Crippen molar-refractivity contribution < 1.29 is 23.5 Å². The summed E-state index contributed by atoms with van der Waals surface area (Å²) in [6.07, 6.45) is 0. The summed E-state index contributed by atoms with van der Waals surface area (Å²) in [5, 5.41) is 5.20. The summed E-state index contributed by atoms with van der Waals surface area (Å²) in [5.41, 5.74) is 1.62. The quantitative estimate of drug-likeness (QED) is 0.440. The number of nitrogens with zero attached hydrogens (tertiary/aromatic N) is 1. The highest BCUT2D eigenvalue weighted by molar-refractivity contribution is 9.10. The number of rotatable bonds is 9. The van der Waals surface area contributed by atoms with E-state index in [2.05, 4.69) is 26.6 Å². The minimum absolute atomic E-state index is 0.0979. The topological polar surface area (TPSA) is 87.7 Å². The molecule has 176 valence electrons. The average molecular weight is 528 g/mol. The van der Waals surface area contributed by atoms with Crippen LogP contribution in [-0.4, -0.2) is 42.8 Å². The first-order valence-corrected chi connectivity index (χ1v) is 11.1. The van der Waals surface area contributed by atoms with Gasteiger partial charge in [-0.1, -0.05) is 28.1 Å². The number of halogens is 2. The second-order valence-corrected chi connectivity index (χ2v) is 8.26. The smallest absolute Gasteiger partial charge is 0.254 e. The van der Waals surface area contributed by atoms with Crippen LogP contribution >= 0.6 is 15.9 Å². The molecule has 0 atom stereocenters. The van der Waals surface area contributed by atoms with Gasteiger partial charge < -0.3 is 20.3 Å². The van der Waals surface area contributed by atoms with Crippen molar-refractivity contribution in [1.82, 2.24) is 10.2 Å². The van der Waals surface area contributed by atoms with Crippen molar-refractivity contribution in [3.05, 3.63) is 94.2 Å². The Labute approximate surface area is 205 Å². The van der Waals surface area contributed by atoms with Crippen LogP contribution < -0.4 is 15.4 Å². The largest absolute Gasteiger partial charge is 0.497 e. The molecule has 0 spiro atoms. The summed E-state index contributed by atoms with van der Waals surface area (Å²) in [5.74, 6) is -1.02. The van der Waals surface area contributed by atoms with Gasteiger partial charge in [0.15, 0.2) is 0 Å². The number of benzene rings is 3. The zero-order chi connectivity index (χ0) is 24.5. The molecule has 0 fully saturated rings. The standard InChI is InChI=1S/C25H23BrFN3O4/c1-34-22-12-10-21(11-13-22)29-23(31)14-28-24(32)16-30(15-17-2-8-20(27)9-3-17)25(33)18-4-6-19(26)7-5-18/h2-13H,14-16H2,1H3,(H,28,32)(H,29,31). The van der Waals surface area contributed by atoms with Gasteiger partial charge in [-0.05, 0) is 66.2 Å². The molecule has 0 aliphatic heterocycles. The zero-order valence-corrected chi connectivity index (χ0v) is 20.0. The fourth-order valence-electron chi connectivity index (χ4n) is 3.07. The maximum absolute atomic E-state index is 13.3. The first kappa shape index (κ1) is 24.9. The molecule has 3 rings (SSSR count). The highest BCUT2D eigenvalue weighted by Crippen LogP contribution is 2.16. The number of carbonyl (C=O) groups is 3. The van der Waals surface area contributed by atoms with Gasteiger partial charge in [0, 0.05) is 22.3 Å². The summed E-state index contributed by atoms with van der Waals surface area (Å²) < 4.78 is 19.2. The molecule has 0 aliphatic rings. The third-order valence-corrected chi connectivity index (χ3v) is 5.35. The van der Waals surface area contributed by atoms with Gasteiger partial charge in [0.2, 0.25) is 11.8 Å². The molecule has 3 aromatic carbocycles. The van der Waals surface area contributed by atoms with Crippen molar-refractivity contribution in [2.24, 2.45) is 0 Å². The number of hydrogen-bond donors (Lipinski definition) is 2. The number of hydrogen-bond acceptors (Lipinski definition) is 4. The van der Waals surface area contributed by atoms with Gasteiger partial charge in [0.25, 0.3) is 5.91 Å². The lowest BCUT2D eigenvalue weighted by molar-refractivity contribution is -0.124. The minimum Gasteiger partial charge on any atom is -0.497 e. The molecule has 0 aliphatic carbocycles. The number of amides is 3. The maximum Gasteiger partial charge on any atom is 0.254 e. The van der Waals surface area contributed by atoms with E-state index in [1.54, 1.807) is 67.8 Å². The highest BCUT2D eigenvalue weighted by Gasteiger charge is 2.20. The Kier molecular flexibility index (Phi) is 8.75. The number of carbonyl (C=O) groups excluding carboxylic acids is 3. The third kappa shape index (κ3) is 7.41. The van der Waals surface area contributed by atoms with Crippen LogP contribution in [-0.2, 0) is 16.1 Å². The Morgan fingerprint density at radius 3 is 2.18 bits per heavy atom. The fraction of sp³-hybridized carbons (Fsp3) is 0.160. The van der Waals surface area contributed by atoms with E-state index in [0.29, 0.717) is 22.6 Å². The molecule has 34 heavy (non-hydrogen) atoms. The van der Waals surface area contributed by atoms with Gasteiger partial charge >= 0.3 is 0 Å². The molecule has 9 heteroatoms. The lowest BCUT2D eigenvalue weighted by atomic mass is 10.1. The maximum atomic E-state index is 13.3. The Hall–Kier alpha value is -3.72. The number of ether oxygens (including phenoxy) is 1. The SMILES string of the molecule is COc1ccc(NC(=O)CNC(=O)CN(Cc2ccc(F)cc2)C(=O)c2ccc(Br)cc2)cc1. The summed E-state index contributed by atoms with van der Waals surface area (Å²) in [6, 6.07) is 19.2. The normalized spacial score (nSPS) is 10.3. The minimum atomic E-state index is -0.502. The second-order valence-electron chi connectivity index (χ2n) is 7.35. The first-order chi connectivity index (χ1) is 16.3. The van der Waals surface area contributed by atoms with Crippen LogP contribution in [0.15, 0.2) is 77.3 Å². The molecule has 0 radical (unpaired) electrons. The van der Waals surface area contributed by atoms with E-state index in [4.69, 9.17) is 4.74 Å². The lowest BCUT2D eigenvalue weighted by Crippen LogP contribution is -2.42. The molecule has 2 N–H and O–H groups in total. The first-order valence-electron chi connectivity index (χ1n) is 10.3. The van der Waals surface area contributed by atoms with Crippen molar-refractivity contribution in [3.63, 3.8) is 0 Å². The fourth-order valence-corrected chi connectivity index (χ4v) is 3.34. The van der Waals surface area contributed by atoms with E-state index in [0.717, 1.165) is 4.47 Å². The summed E-state index contributed by atoms with van der Waals surface area (Å²) in [7, 11) is 1.55. The van der Waals surface area contributed by atoms with Crippen molar-refractivity contribution in [3.8, 4) is 5.75 Å². The van der Waals surface area contributed by atoms with Crippen LogP contribution in [0.2, 0.25) is 0 Å². The Bertz CT molecular complexity index is 1140. The van der Waals surface area contributed by atoms with E-state index in [9.17, 15) is 18.8 Å². The van der Waals surface area contributed by atoms with Crippen LogP contribution in [0.4, 0.5) is 10.1 Å². The van der Waals surface area contributed by atoms with Crippen LogP contribution in [0.1, 0.15) is 15.9 Å². The average Bonchev–Trinajstić information content (AvgIpc) is 2.84. The van der Waals surface area contributed by atoms with Crippen LogP contribution in [0.25, 0.3) is 0 Å². The lowest BCUT2D eigenvalue weighted by Gasteiger charge is -2.22. The summed E-state index contributed by atoms with van der Waals surface area (Å²) in [6.45, 7) is -0.440. The molecule has 0 unspecified atom stereocenters. The molecule has 0 aromatic heterocycles. The molecule has 3 amide bonds. The van der Waals surface area contributed by atoms with Crippen molar-refractivity contribution in [1.29, 1.82) is 0 Å². The van der Waals surface area contributed by atoms with Crippen molar-refractivity contribution in [2.75, 3.05) is 25.5 Å². The van der Waals surface area contributed by atoms with E-state index >= 15 is 0 Å². The van der Waals surface area contributed by atoms with Gasteiger partial charge in [-0.2, -0.15) is 0 Å². The molecule has 0 heterocycles. The third-order valence-electron chi connectivity index (χ3n) is 4.82. The van der Waals surface area contributed by atoms with Crippen molar-refractivity contribution in [2.45, 2.75) is 6.54 Å². The summed E-state index contributed by atoms with van der Waals surface area (Å²) in [4.78, 5) is 39.2. The zero-order valence-electron chi connectivity index (χ0n) is 18.4.